The minimum atomic E-state index is -4.38. The van der Waals surface area contributed by atoms with Crippen LogP contribution < -0.4 is 5.56 Å². The first kappa shape index (κ1) is 13.6. The van der Waals surface area contributed by atoms with Gasteiger partial charge in [0.1, 0.15) is 5.02 Å². The number of benzene rings is 1. The predicted octanol–water partition coefficient (Wildman–Crippen LogP) is 3.03. The highest BCUT2D eigenvalue weighted by molar-refractivity contribution is 6.30. The van der Waals surface area contributed by atoms with E-state index in [0.717, 1.165) is 12.1 Å². The third-order valence-corrected chi connectivity index (χ3v) is 2.73. The van der Waals surface area contributed by atoms with Crippen molar-refractivity contribution < 1.29 is 13.2 Å². The zero-order valence-electron chi connectivity index (χ0n) is 9.46. The summed E-state index contributed by atoms with van der Waals surface area (Å²) in [5, 5.41) is 5.85. The first-order chi connectivity index (χ1) is 8.86. The molecule has 0 bridgehead atoms. The Morgan fingerprint density at radius 1 is 1.26 bits per heavy atom. The highest BCUT2D eigenvalue weighted by Crippen LogP contribution is 2.29. The third kappa shape index (κ3) is 3.35. The number of nitrogens with one attached hydrogen (secondary N) is 1. The van der Waals surface area contributed by atoms with Crippen LogP contribution in [0.3, 0.4) is 0 Å². The summed E-state index contributed by atoms with van der Waals surface area (Å²) in [6.45, 7) is 0. The molecule has 3 nitrogen and oxygen atoms in total. The average molecular weight is 289 g/mol. The summed E-state index contributed by atoms with van der Waals surface area (Å²) >= 11 is 5.62. The maximum absolute atomic E-state index is 12.5. The molecule has 1 N–H and O–H groups in total. The Labute approximate surface area is 111 Å². The van der Waals surface area contributed by atoms with E-state index in [-0.39, 0.29) is 11.4 Å². The lowest BCUT2D eigenvalue weighted by Gasteiger charge is -2.08. The molecule has 1 heterocycles. The van der Waals surface area contributed by atoms with E-state index in [2.05, 4.69) is 10.2 Å². The van der Waals surface area contributed by atoms with Gasteiger partial charge < -0.3 is 0 Å². The summed E-state index contributed by atoms with van der Waals surface area (Å²) in [6, 6.07) is 6.25. The molecule has 0 atom stereocenters. The Hall–Kier alpha value is -1.82. The smallest absolute Gasteiger partial charge is 0.266 e. The van der Waals surface area contributed by atoms with Crippen LogP contribution in [0.1, 0.15) is 16.8 Å². The average Bonchev–Trinajstić information content (AvgIpc) is 2.33. The van der Waals surface area contributed by atoms with E-state index in [1.165, 1.54) is 12.1 Å². The monoisotopic (exact) mass is 288 g/mol. The number of hydrogen-bond acceptors (Lipinski definition) is 2. The summed E-state index contributed by atoms with van der Waals surface area (Å²) in [5.74, 6) is 0. The molecule has 0 aliphatic carbocycles. The van der Waals surface area contributed by atoms with Crippen molar-refractivity contribution in [1.82, 2.24) is 10.2 Å². The number of alkyl halides is 3. The van der Waals surface area contributed by atoms with Crippen LogP contribution in [0.5, 0.6) is 0 Å². The maximum atomic E-state index is 12.5. The largest absolute Gasteiger partial charge is 0.416 e. The van der Waals surface area contributed by atoms with Gasteiger partial charge in [-0.2, -0.15) is 18.3 Å². The molecule has 0 aliphatic heterocycles. The van der Waals surface area contributed by atoms with E-state index in [0.29, 0.717) is 11.3 Å². The molecule has 19 heavy (non-hydrogen) atoms. The molecule has 100 valence electrons. The molecular formula is C12H8ClF3N2O. The third-order valence-electron chi connectivity index (χ3n) is 2.45. The Kier molecular flexibility index (Phi) is 3.61. The van der Waals surface area contributed by atoms with E-state index < -0.39 is 17.3 Å². The Balaban J connectivity index is 2.28. The van der Waals surface area contributed by atoms with E-state index in [1.54, 1.807) is 6.07 Å². The minimum absolute atomic E-state index is 0.0445. The van der Waals surface area contributed by atoms with Gasteiger partial charge in [-0.05, 0) is 17.7 Å². The van der Waals surface area contributed by atoms with Crippen molar-refractivity contribution in [3.05, 3.63) is 62.5 Å². The quantitative estimate of drug-likeness (QED) is 0.923. The van der Waals surface area contributed by atoms with Crippen molar-refractivity contribution in [3.63, 3.8) is 0 Å². The fraction of sp³-hybridized carbons (Fsp3) is 0.167. The summed E-state index contributed by atoms with van der Waals surface area (Å²) in [6.07, 6.45) is -4.23. The van der Waals surface area contributed by atoms with Crippen LogP contribution in [0.2, 0.25) is 5.02 Å². The Bertz CT molecular complexity index is 652. The number of hydrogen-bond donors (Lipinski definition) is 1. The molecule has 0 radical (unpaired) electrons. The summed E-state index contributed by atoms with van der Waals surface area (Å²) in [5.41, 5.74) is -0.427. The lowest BCUT2D eigenvalue weighted by Crippen LogP contribution is -2.10. The minimum Gasteiger partial charge on any atom is -0.266 e. The van der Waals surface area contributed by atoms with Crippen molar-refractivity contribution in [3.8, 4) is 0 Å². The molecule has 0 fully saturated rings. The predicted molar refractivity (Wildman–Crippen MR) is 64.1 cm³/mol. The highest BCUT2D eigenvalue weighted by Gasteiger charge is 2.30. The van der Waals surface area contributed by atoms with Gasteiger partial charge in [0.2, 0.25) is 0 Å². The Morgan fingerprint density at radius 3 is 2.63 bits per heavy atom. The topological polar surface area (TPSA) is 45.8 Å². The molecule has 0 unspecified atom stereocenters. The summed E-state index contributed by atoms with van der Waals surface area (Å²) in [4.78, 5) is 11.0. The van der Waals surface area contributed by atoms with E-state index >= 15 is 0 Å². The van der Waals surface area contributed by atoms with Crippen LogP contribution in [0.25, 0.3) is 0 Å². The number of nitrogens with zero attached hydrogens (tertiary/aromatic N) is 1. The molecule has 0 spiro atoms. The van der Waals surface area contributed by atoms with Gasteiger partial charge in [0, 0.05) is 6.42 Å². The Morgan fingerprint density at radius 2 is 2.00 bits per heavy atom. The second-order valence-electron chi connectivity index (χ2n) is 3.91. The number of halogens is 4. The molecule has 0 saturated heterocycles. The molecular weight excluding hydrogens is 281 g/mol. The van der Waals surface area contributed by atoms with Gasteiger partial charge in [-0.25, -0.2) is 5.10 Å². The highest BCUT2D eigenvalue weighted by atomic mass is 35.5. The second kappa shape index (κ2) is 5.05. The molecule has 2 aromatic rings. The summed E-state index contributed by atoms with van der Waals surface area (Å²) < 4.78 is 37.6. The molecule has 0 aliphatic rings. The maximum Gasteiger partial charge on any atom is 0.416 e. The zero-order valence-corrected chi connectivity index (χ0v) is 10.2. The molecule has 1 aromatic carbocycles. The fourth-order valence-corrected chi connectivity index (χ4v) is 1.75. The van der Waals surface area contributed by atoms with Gasteiger partial charge in [-0.1, -0.05) is 29.8 Å². The molecule has 0 saturated carbocycles. The van der Waals surface area contributed by atoms with Crippen LogP contribution in [0.15, 0.2) is 35.1 Å². The van der Waals surface area contributed by atoms with E-state index in [9.17, 15) is 18.0 Å². The van der Waals surface area contributed by atoms with Crippen LogP contribution in [0, 0.1) is 0 Å². The van der Waals surface area contributed by atoms with Crippen molar-refractivity contribution in [2.75, 3.05) is 0 Å². The molecule has 2 rings (SSSR count). The van der Waals surface area contributed by atoms with Crippen molar-refractivity contribution in [2.45, 2.75) is 12.6 Å². The number of aromatic nitrogens is 2. The van der Waals surface area contributed by atoms with Gasteiger partial charge in [0.25, 0.3) is 5.56 Å². The lowest BCUT2D eigenvalue weighted by molar-refractivity contribution is -0.137. The molecule has 7 heteroatoms. The van der Waals surface area contributed by atoms with E-state index in [1.807, 2.05) is 0 Å². The molecule has 0 amide bonds. The second-order valence-corrected chi connectivity index (χ2v) is 4.32. The van der Waals surface area contributed by atoms with Crippen molar-refractivity contribution in [2.24, 2.45) is 0 Å². The van der Waals surface area contributed by atoms with Gasteiger partial charge >= 0.3 is 6.18 Å². The van der Waals surface area contributed by atoms with Crippen LogP contribution in [-0.4, -0.2) is 10.2 Å². The van der Waals surface area contributed by atoms with Gasteiger partial charge in [-0.15, -0.1) is 0 Å². The van der Waals surface area contributed by atoms with Crippen LogP contribution in [-0.2, 0) is 12.6 Å². The fourth-order valence-electron chi connectivity index (χ4n) is 1.58. The van der Waals surface area contributed by atoms with Gasteiger partial charge in [-0.3, -0.25) is 4.79 Å². The number of rotatable bonds is 2. The zero-order chi connectivity index (χ0) is 14.0. The first-order valence-corrected chi connectivity index (χ1v) is 5.64. The van der Waals surface area contributed by atoms with E-state index in [4.69, 9.17) is 11.6 Å². The van der Waals surface area contributed by atoms with Crippen molar-refractivity contribution in [1.29, 1.82) is 0 Å². The normalized spacial score (nSPS) is 11.6. The first-order valence-electron chi connectivity index (χ1n) is 5.26. The summed E-state index contributed by atoms with van der Waals surface area (Å²) in [7, 11) is 0. The lowest BCUT2D eigenvalue weighted by atomic mass is 10.1. The van der Waals surface area contributed by atoms with Crippen LogP contribution in [0.4, 0.5) is 13.2 Å². The van der Waals surface area contributed by atoms with Crippen molar-refractivity contribution >= 4 is 11.6 Å². The standard InChI is InChI=1S/C12H8ClF3N2O/c13-10-6-9(17-18-11(10)19)5-7-2-1-3-8(4-7)12(14,15)16/h1-4,6H,5H2,(H,18,19). The molecule has 1 aromatic heterocycles. The van der Waals surface area contributed by atoms with Crippen LogP contribution >= 0.6 is 11.6 Å². The SMILES string of the molecule is O=c1[nH]nc(Cc2cccc(C(F)(F)F)c2)cc1Cl. The number of aromatic amines is 1. The van der Waals surface area contributed by atoms with Gasteiger partial charge in [0.15, 0.2) is 0 Å². The number of H-pyrrole nitrogens is 1. The van der Waals surface area contributed by atoms with Gasteiger partial charge in [0.05, 0.1) is 11.3 Å².